The molecule has 3 N–H and O–H groups in total. The van der Waals surface area contributed by atoms with Crippen molar-refractivity contribution in [2.75, 3.05) is 13.1 Å². The largest absolute Gasteiger partial charge is 0.508 e. The predicted molar refractivity (Wildman–Crippen MR) is 100 cm³/mol. The maximum Gasteiger partial charge on any atom is 0.251 e. The van der Waals surface area contributed by atoms with Crippen LogP contribution in [0, 0.1) is 0 Å². The van der Waals surface area contributed by atoms with Gasteiger partial charge in [-0.05, 0) is 35.9 Å². The number of phenolic OH excluding ortho intramolecular Hbond substituents is 1. The number of benzene rings is 2. The Morgan fingerprint density at radius 1 is 1.00 bits per heavy atom. The lowest BCUT2D eigenvalue weighted by molar-refractivity contribution is -0.120. The fourth-order valence-corrected chi connectivity index (χ4v) is 2.89. The number of nitrogens with zero attached hydrogens (tertiary/aromatic N) is 1. The van der Waals surface area contributed by atoms with Crippen molar-refractivity contribution in [3.63, 3.8) is 0 Å². The summed E-state index contributed by atoms with van der Waals surface area (Å²) in [4.78, 5) is 24.1. The molecule has 6 heteroatoms. The summed E-state index contributed by atoms with van der Waals surface area (Å²) in [7, 11) is 1.96. The highest BCUT2D eigenvalue weighted by Crippen LogP contribution is 2.20. The fourth-order valence-electron chi connectivity index (χ4n) is 2.89. The van der Waals surface area contributed by atoms with Crippen molar-refractivity contribution in [1.29, 1.82) is 0 Å². The summed E-state index contributed by atoms with van der Waals surface area (Å²) < 4.78 is 2.01. The van der Waals surface area contributed by atoms with E-state index in [4.69, 9.17) is 0 Å². The van der Waals surface area contributed by atoms with Gasteiger partial charge in [-0.1, -0.05) is 18.2 Å². The molecule has 0 atom stereocenters. The van der Waals surface area contributed by atoms with Crippen LogP contribution in [0.4, 0.5) is 0 Å². The van der Waals surface area contributed by atoms with Crippen LogP contribution in [-0.4, -0.2) is 34.6 Å². The lowest BCUT2D eigenvalue weighted by atomic mass is 10.1. The van der Waals surface area contributed by atoms with E-state index in [0.29, 0.717) is 25.1 Å². The first kappa shape index (κ1) is 17.5. The summed E-state index contributed by atoms with van der Waals surface area (Å²) in [5.74, 6) is -0.212. The minimum absolute atomic E-state index is 0.0831. The SMILES string of the molecule is Cn1cc(CC(=O)NCCNC(=O)c2ccc(O)cc2)c2ccccc21. The predicted octanol–water partition coefficient (Wildman–Crippen LogP) is 1.97. The van der Waals surface area contributed by atoms with Crippen LogP contribution >= 0.6 is 0 Å². The third-order valence-corrected chi connectivity index (χ3v) is 4.19. The van der Waals surface area contributed by atoms with E-state index < -0.39 is 0 Å². The average Bonchev–Trinajstić information content (AvgIpc) is 2.95. The van der Waals surface area contributed by atoms with Crippen LogP contribution in [0.3, 0.4) is 0 Å². The molecule has 0 aliphatic carbocycles. The molecule has 0 bridgehead atoms. The first-order valence-corrected chi connectivity index (χ1v) is 8.41. The summed E-state index contributed by atoms with van der Waals surface area (Å²) in [6, 6.07) is 14.0. The number of aromatic hydroxyl groups is 1. The molecule has 0 spiro atoms. The number of phenols is 1. The summed E-state index contributed by atoms with van der Waals surface area (Å²) in [6.07, 6.45) is 2.27. The third-order valence-electron chi connectivity index (χ3n) is 4.19. The summed E-state index contributed by atoms with van der Waals surface area (Å²) in [5.41, 5.74) is 2.54. The van der Waals surface area contributed by atoms with Crippen LogP contribution in [0.2, 0.25) is 0 Å². The Kier molecular flexibility index (Phi) is 5.22. The Bertz CT molecular complexity index is 929. The van der Waals surface area contributed by atoms with Crippen molar-refractivity contribution in [3.8, 4) is 5.75 Å². The van der Waals surface area contributed by atoms with Gasteiger partial charge < -0.3 is 20.3 Å². The number of amides is 2. The molecule has 3 rings (SSSR count). The molecule has 134 valence electrons. The van der Waals surface area contributed by atoms with Crippen LogP contribution in [0.5, 0.6) is 5.75 Å². The molecule has 0 saturated carbocycles. The molecule has 0 saturated heterocycles. The number of nitrogens with one attached hydrogen (secondary N) is 2. The van der Waals surface area contributed by atoms with Gasteiger partial charge in [0.25, 0.3) is 5.91 Å². The fraction of sp³-hybridized carbons (Fsp3) is 0.200. The minimum atomic E-state index is -0.242. The summed E-state index contributed by atoms with van der Waals surface area (Å²) >= 11 is 0. The van der Waals surface area contributed by atoms with Crippen molar-refractivity contribution in [2.45, 2.75) is 6.42 Å². The van der Waals surface area contributed by atoms with Gasteiger partial charge in [-0.2, -0.15) is 0 Å². The molecule has 1 heterocycles. The first-order chi connectivity index (χ1) is 12.5. The monoisotopic (exact) mass is 351 g/mol. The zero-order valence-electron chi connectivity index (χ0n) is 14.5. The topological polar surface area (TPSA) is 83.4 Å². The standard InChI is InChI=1S/C20H21N3O3/c1-23-13-15(17-4-2-3-5-18(17)23)12-19(25)21-10-11-22-20(26)14-6-8-16(24)9-7-14/h2-9,13,24H,10-12H2,1H3,(H,21,25)(H,22,26). The number of carbonyl (C=O) groups excluding carboxylic acids is 2. The lowest BCUT2D eigenvalue weighted by Gasteiger charge is -2.07. The molecule has 2 aromatic carbocycles. The van der Waals surface area contributed by atoms with Crippen molar-refractivity contribution in [3.05, 3.63) is 65.9 Å². The molecule has 0 aliphatic heterocycles. The minimum Gasteiger partial charge on any atom is -0.508 e. The Morgan fingerprint density at radius 3 is 2.46 bits per heavy atom. The molecular formula is C20H21N3O3. The van der Waals surface area contributed by atoms with Gasteiger partial charge in [0.15, 0.2) is 0 Å². The molecule has 0 aliphatic rings. The van der Waals surface area contributed by atoms with Crippen LogP contribution < -0.4 is 10.6 Å². The highest BCUT2D eigenvalue weighted by molar-refractivity contribution is 5.94. The van der Waals surface area contributed by atoms with Gasteiger partial charge in [0.1, 0.15) is 5.75 Å². The van der Waals surface area contributed by atoms with Crippen molar-refractivity contribution >= 4 is 22.7 Å². The Hall–Kier alpha value is -3.28. The molecule has 1 aromatic heterocycles. The van der Waals surface area contributed by atoms with Gasteiger partial charge in [-0.3, -0.25) is 9.59 Å². The summed E-state index contributed by atoms with van der Waals surface area (Å²) in [5, 5.41) is 15.8. The normalized spacial score (nSPS) is 10.7. The maximum absolute atomic E-state index is 12.2. The Morgan fingerprint density at radius 2 is 1.69 bits per heavy atom. The number of para-hydroxylation sites is 1. The zero-order valence-corrected chi connectivity index (χ0v) is 14.5. The number of rotatable bonds is 6. The highest BCUT2D eigenvalue weighted by atomic mass is 16.3. The molecule has 3 aromatic rings. The van der Waals surface area contributed by atoms with E-state index in [0.717, 1.165) is 16.5 Å². The van der Waals surface area contributed by atoms with E-state index in [1.54, 1.807) is 12.1 Å². The van der Waals surface area contributed by atoms with E-state index in [1.165, 1.54) is 12.1 Å². The van der Waals surface area contributed by atoms with Crippen LogP contribution in [0.1, 0.15) is 15.9 Å². The van der Waals surface area contributed by atoms with Crippen LogP contribution in [0.25, 0.3) is 10.9 Å². The highest BCUT2D eigenvalue weighted by Gasteiger charge is 2.10. The van der Waals surface area contributed by atoms with E-state index in [9.17, 15) is 14.7 Å². The third kappa shape index (κ3) is 4.03. The molecule has 2 amide bonds. The number of hydrogen-bond acceptors (Lipinski definition) is 3. The van der Waals surface area contributed by atoms with E-state index >= 15 is 0 Å². The smallest absolute Gasteiger partial charge is 0.251 e. The second-order valence-electron chi connectivity index (χ2n) is 6.11. The number of fused-ring (bicyclic) bond motifs is 1. The lowest BCUT2D eigenvalue weighted by Crippen LogP contribution is -2.35. The van der Waals surface area contributed by atoms with E-state index in [2.05, 4.69) is 10.6 Å². The Balaban J connectivity index is 1.47. The maximum atomic E-state index is 12.2. The molecular weight excluding hydrogens is 330 g/mol. The summed E-state index contributed by atoms with van der Waals surface area (Å²) in [6.45, 7) is 0.689. The number of carbonyl (C=O) groups is 2. The quantitative estimate of drug-likeness (QED) is 0.594. The number of aryl methyl sites for hydroxylation is 1. The van der Waals surface area contributed by atoms with Crippen molar-refractivity contribution in [2.24, 2.45) is 7.05 Å². The second kappa shape index (κ2) is 7.74. The molecule has 6 nitrogen and oxygen atoms in total. The van der Waals surface area contributed by atoms with Gasteiger partial charge >= 0.3 is 0 Å². The molecule has 0 radical (unpaired) electrons. The van der Waals surface area contributed by atoms with Crippen LogP contribution in [0.15, 0.2) is 54.7 Å². The number of aromatic nitrogens is 1. The molecule has 26 heavy (non-hydrogen) atoms. The van der Waals surface area contributed by atoms with Gasteiger partial charge in [-0.15, -0.1) is 0 Å². The average molecular weight is 351 g/mol. The van der Waals surface area contributed by atoms with Gasteiger partial charge in [0.05, 0.1) is 6.42 Å². The van der Waals surface area contributed by atoms with Gasteiger partial charge in [0.2, 0.25) is 5.91 Å². The van der Waals surface area contributed by atoms with Crippen LogP contribution in [-0.2, 0) is 18.3 Å². The number of hydrogen-bond donors (Lipinski definition) is 3. The first-order valence-electron chi connectivity index (χ1n) is 8.41. The molecule has 0 fully saturated rings. The molecule has 0 unspecified atom stereocenters. The van der Waals surface area contributed by atoms with E-state index in [-0.39, 0.29) is 17.6 Å². The van der Waals surface area contributed by atoms with Crippen molar-refractivity contribution < 1.29 is 14.7 Å². The van der Waals surface area contributed by atoms with Crippen molar-refractivity contribution in [1.82, 2.24) is 15.2 Å². The Labute approximate surface area is 151 Å². The zero-order chi connectivity index (χ0) is 18.5. The second-order valence-corrected chi connectivity index (χ2v) is 6.11. The van der Waals surface area contributed by atoms with Gasteiger partial charge in [-0.25, -0.2) is 0 Å². The van der Waals surface area contributed by atoms with E-state index in [1.807, 2.05) is 42.1 Å². The van der Waals surface area contributed by atoms with Gasteiger partial charge in [0, 0.05) is 42.8 Å².